The molecule has 1 aliphatic carbocycles. The van der Waals surface area contributed by atoms with Crippen molar-refractivity contribution in [2.24, 2.45) is 5.73 Å². The van der Waals surface area contributed by atoms with Gasteiger partial charge in [-0.3, -0.25) is 0 Å². The van der Waals surface area contributed by atoms with E-state index in [4.69, 9.17) is 21.9 Å². The van der Waals surface area contributed by atoms with Crippen molar-refractivity contribution in [2.75, 3.05) is 0 Å². The third-order valence-corrected chi connectivity index (χ3v) is 3.76. The van der Waals surface area contributed by atoms with Gasteiger partial charge in [-0.25, -0.2) is 0 Å². The second kappa shape index (κ2) is 4.84. The largest absolute Gasteiger partial charge is 0.398 e. The van der Waals surface area contributed by atoms with Crippen LogP contribution in [0.1, 0.15) is 29.9 Å². The van der Waals surface area contributed by atoms with Gasteiger partial charge < -0.3 is 10.3 Å². The molecule has 1 unspecified atom stereocenters. The number of nitrogens with zero attached hydrogens (tertiary/aromatic N) is 1. The minimum absolute atomic E-state index is 0.0146. The minimum atomic E-state index is -4.34. The number of hydrogen-bond donors (Lipinski definition) is 1. The average molecular weight is 307 g/mol. The predicted molar refractivity (Wildman–Crippen MR) is 69.2 cm³/mol. The van der Waals surface area contributed by atoms with Crippen LogP contribution in [-0.4, -0.2) is 11.3 Å². The SMILES string of the molecule is Cc1noc(C)c1C1(CC(F)(F)F)C=CC(N)=C(Cl)C1. The van der Waals surface area contributed by atoms with Gasteiger partial charge in [0.1, 0.15) is 5.76 Å². The quantitative estimate of drug-likeness (QED) is 0.903. The molecule has 0 radical (unpaired) electrons. The second-order valence-corrected chi connectivity index (χ2v) is 5.47. The Bertz CT molecular complexity index is 569. The van der Waals surface area contributed by atoms with Crippen molar-refractivity contribution in [3.63, 3.8) is 0 Å². The highest BCUT2D eigenvalue weighted by Gasteiger charge is 2.46. The van der Waals surface area contributed by atoms with Crippen LogP contribution in [-0.2, 0) is 5.41 Å². The fourth-order valence-corrected chi connectivity index (χ4v) is 3.01. The Hall–Kier alpha value is -1.43. The average Bonchev–Trinajstić information content (AvgIpc) is 2.62. The monoisotopic (exact) mass is 306 g/mol. The highest BCUT2D eigenvalue weighted by atomic mass is 35.5. The maximum absolute atomic E-state index is 13.0. The molecule has 20 heavy (non-hydrogen) atoms. The minimum Gasteiger partial charge on any atom is -0.398 e. The molecule has 1 aliphatic rings. The number of rotatable bonds is 2. The van der Waals surface area contributed by atoms with Crippen LogP contribution in [0.5, 0.6) is 0 Å². The summed E-state index contributed by atoms with van der Waals surface area (Å²) >= 11 is 5.99. The van der Waals surface area contributed by atoms with Gasteiger partial charge in [-0.2, -0.15) is 13.2 Å². The highest BCUT2D eigenvalue weighted by molar-refractivity contribution is 6.30. The number of halogens is 4. The van der Waals surface area contributed by atoms with Crippen molar-refractivity contribution in [3.05, 3.63) is 39.9 Å². The molecule has 0 spiro atoms. The summed E-state index contributed by atoms with van der Waals surface area (Å²) in [6, 6.07) is 0. The Morgan fingerprint density at radius 2 is 2.10 bits per heavy atom. The number of aromatic nitrogens is 1. The van der Waals surface area contributed by atoms with Gasteiger partial charge in [0.05, 0.1) is 12.1 Å². The van der Waals surface area contributed by atoms with Crippen LogP contribution in [0.2, 0.25) is 0 Å². The molecule has 0 bridgehead atoms. The molecule has 0 aromatic carbocycles. The molecule has 3 nitrogen and oxygen atoms in total. The molecule has 1 atom stereocenters. The van der Waals surface area contributed by atoms with E-state index in [0.29, 0.717) is 17.0 Å². The summed E-state index contributed by atoms with van der Waals surface area (Å²) in [5.41, 5.74) is 5.47. The van der Waals surface area contributed by atoms with E-state index in [1.165, 1.54) is 12.2 Å². The molecular formula is C13H14ClF3N2O. The van der Waals surface area contributed by atoms with Crippen molar-refractivity contribution in [2.45, 2.75) is 38.3 Å². The molecule has 2 rings (SSSR count). The standard InChI is InChI=1S/C13H14ClF3N2O/c1-7-11(8(2)20-19-7)12(6-13(15,16)17)4-3-10(18)9(14)5-12/h3-4H,5-6,18H2,1-2H3. The third kappa shape index (κ3) is 2.70. The number of alkyl halides is 3. The van der Waals surface area contributed by atoms with Crippen molar-refractivity contribution in [3.8, 4) is 0 Å². The normalized spacial score (nSPS) is 23.5. The topological polar surface area (TPSA) is 52.0 Å². The molecule has 0 saturated carbocycles. The third-order valence-electron chi connectivity index (χ3n) is 3.41. The lowest BCUT2D eigenvalue weighted by Gasteiger charge is -2.34. The first-order valence-electron chi connectivity index (χ1n) is 5.98. The van der Waals surface area contributed by atoms with Crippen molar-refractivity contribution in [1.29, 1.82) is 0 Å². The van der Waals surface area contributed by atoms with E-state index >= 15 is 0 Å². The van der Waals surface area contributed by atoms with Crippen LogP contribution in [0, 0.1) is 13.8 Å². The fraction of sp³-hybridized carbons (Fsp3) is 0.462. The van der Waals surface area contributed by atoms with E-state index in [1.54, 1.807) is 13.8 Å². The molecule has 2 N–H and O–H groups in total. The summed E-state index contributed by atoms with van der Waals surface area (Å²) in [5.74, 6) is 0.362. The van der Waals surface area contributed by atoms with Crippen molar-refractivity contribution < 1.29 is 17.7 Å². The highest BCUT2D eigenvalue weighted by Crippen LogP contribution is 2.47. The molecule has 7 heteroatoms. The van der Waals surface area contributed by atoms with Gasteiger partial charge >= 0.3 is 6.18 Å². The molecule has 0 saturated heterocycles. The van der Waals surface area contributed by atoms with Crippen LogP contribution in [0.4, 0.5) is 13.2 Å². The predicted octanol–water partition coefficient (Wildman–Crippen LogP) is 3.85. The van der Waals surface area contributed by atoms with Gasteiger partial charge in [0.2, 0.25) is 0 Å². The second-order valence-electron chi connectivity index (χ2n) is 5.02. The Morgan fingerprint density at radius 3 is 2.55 bits per heavy atom. The van der Waals surface area contributed by atoms with Gasteiger partial charge in [-0.1, -0.05) is 22.8 Å². The fourth-order valence-electron chi connectivity index (χ4n) is 2.71. The van der Waals surface area contributed by atoms with Gasteiger partial charge in [-0.05, 0) is 26.3 Å². The zero-order chi connectivity index (χ0) is 15.1. The molecule has 1 aromatic heterocycles. The number of hydrogen-bond acceptors (Lipinski definition) is 3. The molecule has 110 valence electrons. The molecular weight excluding hydrogens is 293 g/mol. The zero-order valence-electron chi connectivity index (χ0n) is 11.0. The maximum Gasteiger partial charge on any atom is 0.390 e. The van der Waals surface area contributed by atoms with Crippen LogP contribution in [0.15, 0.2) is 27.4 Å². The lowest BCUT2D eigenvalue weighted by molar-refractivity contribution is -0.144. The Labute approximate surface area is 119 Å². The first kappa shape index (κ1) is 15.0. The summed E-state index contributed by atoms with van der Waals surface area (Å²) in [4.78, 5) is 0. The van der Waals surface area contributed by atoms with Gasteiger partial charge in [-0.15, -0.1) is 0 Å². The first-order chi connectivity index (χ1) is 9.15. The number of nitrogens with two attached hydrogens (primary N) is 1. The molecule has 0 amide bonds. The number of allylic oxidation sites excluding steroid dienone is 3. The Kier molecular flexibility index (Phi) is 3.62. The Morgan fingerprint density at radius 1 is 1.45 bits per heavy atom. The summed E-state index contributed by atoms with van der Waals surface area (Å²) < 4.78 is 44.0. The lowest BCUT2D eigenvalue weighted by atomic mass is 9.71. The van der Waals surface area contributed by atoms with Crippen LogP contribution in [0.25, 0.3) is 0 Å². The molecule has 1 heterocycles. The van der Waals surface area contributed by atoms with Gasteiger partial charge in [0.15, 0.2) is 0 Å². The zero-order valence-corrected chi connectivity index (χ0v) is 11.8. The summed E-state index contributed by atoms with van der Waals surface area (Å²) in [7, 11) is 0. The van der Waals surface area contributed by atoms with E-state index < -0.39 is 18.0 Å². The smallest absolute Gasteiger partial charge is 0.390 e. The van der Waals surface area contributed by atoms with Gasteiger partial charge in [0.25, 0.3) is 0 Å². The van der Waals surface area contributed by atoms with Crippen LogP contribution < -0.4 is 5.73 Å². The molecule has 0 fully saturated rings. The van der Waals surface area contributed by atoms with E-state index in [9.17, 15) is 13.2 Å². The summed E-state index contributed by atoms with van der Waals surface area (Å²) in [5, 5.41) is 3.96. The molecule has 1 aromatic rings. The maximum atomic E-state index is 13.0. The van der Waals surface area contributed by atoms with Crippen LogP contribution in [0.3, 0.4) is 0 Å². The number of aryl methyl sites for hydroxylation is 2. The van der Waals surface area contributed by atoms with E-state index in [1.807, 2.05) is 0 Å². The van der Waals surface area contributed by atoms with Crippen molar-refractivity contribution in [1.82, 2.24) is 5.16 Å². The summed E-state index contributed by atoms with van der Waals surface area (Å²) in [6.45, 7) is 3.21. The van der Waals surface area contributed by atoms with Crippen molar-refractivity contribution >= 4 is 11.6 Å². The summed E-state index contributed by atoms with van der Waals surface area (Å²) in [6.07, 6.45) is -2.52. The van der Waals surface area contributed by atoms with E-state index in [-0.39, 0.29) is 17.2 Å². The first-order valence-corrected chi connectivity index (χ1v) is 6.36. The lowest BCUT2D eigenvalue weighted by Crippen LogP contribution is -2.34. The van der Waals surface area contributed by atoms with E-state index in [0.717, 1.165) is 0 Å². The van der Waals surface area contributed by atoms with E-state index in [2.05, 4.69) is 5.16 Å². The molecule has 0 aliphatic heterocycles. The van der Waals surface area contributed by atoms with Crippen LogP contribution >= 0.6 is 11.6 Å². The van der Waals surface area contributed by atoms with Gasteiger partial charge in [0, 0.05) is 21.7 Å². The Balaban J connectivity index is 2.56.